The van der Waals surface area contributed by atoms with Crippen LogP contribution >= 0.6 is 0 Å². The minimum atomic E-state index is -0.239. The summed E-state index contributed by atoms with van der Waals surface area (Å²) in [7, 11) is 0. The Morgan fingerprint density at radius 1 is 1.19 bits per heavy atom. The van der Waals surface area contributed by atoms with Crippen molar-refractivity contribution in [3.05, 3.63) is 53.5 Å². The second kappa shape index (κ2) is 7.18. The Morgan fingerprint density at radius 3 is 2.57 bits per heavy atom. The van der Waals surface area contributed by atoms with Crippen molar-refractivity contribution in [2.45, 2.75) is 33.2 Å². The minimum Gasteiger partial charge on any atom is -0.326 e. The molecule has 0 aliphatic carbocycles. The Bertz CT molecular complexity index is 598. The van der Waals surface area contributed by atoms with E-state index in [1.165, 1.54) is 6.07 Å². The highest BCUT2D eigenvalue weighted by Gasteiger charge is 2.14. The number of para-hydroxylation sites is 1. The maximum absolute atomic E-state index is 14.0. The SMILES string of the molecule is CCCc1cc(CN)cc(N(CC)c2ccccc2F)n1. The number of halogens is 1. The van der Waals surface area contributed by atoms with Crippen LogP contribution in [0.2, 0.25) is 0 Å². The Morgan fingerprint density at radius 2 is 1.95 bits per heavy atom. The number of aryl methyl sites for hydroxylation is 1. The molecule has 2 rings (SSSR count). The Hall–Kier alpha value is -1.94. The number of nitrogens with zero attached hydrogens (tertiary/aromatic N) is 2. The molecule has 1 aromatic carbocycles. The van der Waals surface area contributed by atoms with Gasteiger partial charge in [-0.05, 0) is 43.2 Å². The zero-order valence-corrected chi connectivity index (χ0v) is 12.6. The smallest absolute Gasteiger partial charge is 0.146 e. The lowest BCUT2D eigenvalue weighted by molar-refractivity contribution is 0.625. The first-order valence-electron chi connectivity index (χ1n) is 7.41. The monoisotopic (exact) mass is 287 g/mol. The van der Waals surface area contributed by atoms with Gasteiger partial charge in [-0.3, -0.25) is 0 Å². The number of nitrogens with two attached hydrogens (primary N) is 1. The predicted octanol–water partition coefficient (Wildman–Crippen LogP) is 3.79. The van der Waals surface area contributed by atoms with Gasteiger partial charge in [0.25, 0.3) is 0 Å². The average Bonchev–Trinajstić information content (AvgIpc) is 2.50. The van der Waals surface area contributed by atoms with Crippen molar-refractivity contribution < 1.29 is 4.39 Å². The van der Waals surface area contributed by atoms with Crippen LogP contribution in [-0.4, -0.2) is 11.5 Å². The highest BCUT2D eigenvalue weighted by atomic mass is 19.1. The Balaban J connectivity index is 2.46. The van der Waals surface area contributed by atoms with Crippen LogP contribution in [0.1, 0.15) is 31.5 Å². The first-order chi connectivity index (χ1) is 10.2. The molecule has 1 heterocycles. The Kier molecular flexibility index (Phi) is 5.28. The molecule has 0 aliphatic rings. The quantitative estimate of drug-likeness (QED) is 0.879. The molecule has 0 spiro atoms. The highest BCUT2D eigenvalue weighted by molar-refractivity contribution is 5.61. The molecule has 0 unspecified atom stereocenters. The van der Waals surface area contributed by atoms with E-state index in [9.17, 15) is 4.39 Å². The normalized spacial score (nSPS) is 10.7. The highest BCUT2D eigenvalue weighted by Crippen LogP contribution is 2.27. The molecule has 0 saturated carbocycles. The van der Waals surface area contributed by atoms with Crippen LogP contribution in [0.3, 0.4) is 0 Å². The molecule has 0 amide bonds. The predicted molar refractivity (Wildman–Crippen MR) is 85.2 cm³/mol. The van der Waals surface area contributed by atoms with Crippen molar-refractivity contribution in [1.29, 1.82) is 0 Å². The summed E-state index contributed by atoms with van der Waals surface area (Å²) in [6, 6.07) is 10.7. The average molecular weight is 287 g/mol. The van der Waals surface area contributed by atoms with E-state index >= 15 is 0 Å². The Labute approximate surface area is 125 Å². The first kappa shape index (κ1) is 15.4. The van der Waals surface area contributed by atoms with Crippen LogP contribution in [0.25, 0.3) is 0 Å². The number of hydrogen-bond acceptors (Lipinski definition) is 3. The van der Waals surface area contributed by atoms with Crippen LogP contribution in [0, 0.1) is 5.82 Å². The number of rotatable bonds is 6. The fraction of sp³-hybridized carbons (Fsp3) is 0.353. The summed E-state index contributed by atoms with van der Waals surface area (Å²) in [5.41, 5.74) is 8.35. The number of pyridine rings is 1. The lowest BCUT2D eigenvalue weighted by Crippen LogP contribution is -2.19. The maximum atomic E-state index is 14.0. The fourth-order valence-electron chi connectivity index (χ4n) is 2.40. The number of anilines is 2. The van der Waals surface area contributed by atoms with Gasteiger partial charge in [-0.25, -0.2) is 9.37 Å². The topological polar surface area (TPSA) is 42.1 Å². The number of benzene rings is 1. The van der Waals surface area contributed by atoms with Gasteiger partial charge in [0.1, 0.15) is 11.6 Å². The van der Waals surface area contributed by atoms with Gasteiger partial charge in [0, 0.05) is 18.8 Å². The van der Waals surface area contributed by atoms with Crippen molar-refractivity contribution in [3.63, 3.8) is 0 Å². The molecule has 0 saturated heterocycles. The lowest BCUT2D eigenvalue weighted by atomic mass is 10.1. The summed E-state index contributed by atoms with van der Waals surface area (Å²) in [5, 5.41) is 0. The van der Waals surface area contributed by atoms with E-state index < -0.39 is 0 Å². The fourth-order valence-corrected chi connectivity index (χ4v) is 2.40. The molecule has 112 valence electrons. The molecular weight excluding hydrogens is 265 g/mol. The van der Waals surface area contributed by atoms with Gasteiger partial charge < -0.3 is 10.6 Å². The lowest BCUT2D eigenvalue weighted by Gasteiger charge is -2.23. The summed E-state index contributed by atoms with van der Waals surface area (Å²) in [6.45, 7) is 5.21. The van der Waals surface area contributed by atoms with E-state index in [-0.39, 0.29) is 5.82 Å². The van der Waals surface area contributed by atoms with Crippen LogP contribution in [0.4, 0.5) is 15.9 Å². The van der Waals surface area contributed by atoms with Gasteiger partial charge in [0.2, 0.25) is 0 Å². The molecule has 3 nitrogen and oxygen atoms in total. The van der Waals surface area contributed by atoms with Crippen molar-refractivity contribution >= 4 is 11.5 Å². The maximum Gasteiger partial charge on any atom is 0.146 e. The molecule has 0 aliphatic heterocycles. The van der Waals surface area contributed by atoms with E-state index in [0.717, 1.165) is 29.9 Å². The molecule has 2 N–H and O–H groups in total. The van der Waals surface area contributed by atoms with Crippen molar-refractivity contribution in [1.82, 2.24) is 4.98 Å². The second-order valence-corrected chi connectivity index (χ2v) is 4.97. The van der Waals surface area contributed by atoms with Crippen molar-refractivity contribution in [2.75, 3.05) is 11.4 Å². The third-order valence-corrected chi connectivity index (χ3v) is 3.40. The minimum absolute atomic E-state index is 0.239. The zero-order chi connectivity index (χ0) is 15.2. The zero-order valence-electron chi connectivity index (χ0n) is 12.6. The molecule has 1 aromatic heterocycles. The molecule has 0 atom stereocenters. The van der Waals surface area contributed by atoms with Crippen LogP contribution in [0.5, 0.6) is 0 Å². The van der Waals surface area contributed by atoms with Gasteiger partial charge in [-0.1, -0.05) is 25.5 Å². The van der Waals surface area contributed by atoms with Crippen LogP contribution in [0.15, 0.2) is 36.4 Å². The van der Waals surface area contributed by atoms with Gasteiger partial charge in [0.05, 0.1) is 5.69 Å². The van der Waals surface area contributed by atoms with E-state index in [0.29, 0.717) is 18.8 Å². The van der Waals surface area contributed by atoms with Crippen LogP contribution < -0.4 is 10.6 Å². The number of aromatic nitrogens is 1. The first-order valence-corrected chi connectivity index (χ1v) is 7.41. The van der Waals surface area contributed by atoms with Gasteiger partial charge >= 0.3 is 0 Å². The standard InChI is InChI=1S/C17H22FN3/c1-3-7-14-10-13(12-19)11-17(20-14)21(4-2)16-9-6-5-8-15(16)18/h5-6,8-11H,3-4,7,12,19H2,1-2H3. The van der Waals surface area contributed by atoms with E-state index in [1.807, 2.05) is 30.0 Å². The molecule has 0 radical (unpaired) electrons. The molecule has 2 aromatic rings. The molecule has 21 heavy (non-hydrogen) atoms. The van der Waals surface area contributed by atoms with Crippen molar-refractivity contribution in [3.8, 4) is 0 Å². The van der Waals surface area contributed by atoms with E-state index in [2.05, 4.69) is 11.9 Å². The molecule has 0 fully saturated rings. The van der Waals surface area contributed by atoms with Gasteiger partial charge in [-0.15, -0.1) is 0 Å². The summed E-state index contributed by atoms with van der Waals surface area (Å²) < 4.78 is 14.0. The summed E-state index contributed by atoms with van der Waals surface area (Å²) >= 11 is 0. The van der Waals surface area contributed by atoms with Crippen LogP contribution in [-0.2, 0) is 13.0 Å². The van der Waals surface area contributed by atoms with E-state index in [4.69, 9.17) is 5.73 Å². The molecule has 4 heteroatoms. The third-order valence-electron chi connectivity index (χ3n) is 3.40. The second-order valence-electron chi connectivity index (χ2n) is 4.97. The summed E-state index contributed by atoms with van der Waals surface area (Å²) in [6.07, 6.45) is 1.92. The van der Waals surface area contributed by atoms with Crippen molar-refractivity contribution in [2.24, 2.45) is 5.73 Å². The third kappa shape index (κ3) is 3.58. The van der Waals surface area contributed by atoms with E-state index in [1.54, 1.807) is 12.1 Å². The van der Waals surface area contributed by atoms with Gasteiger partial charge in [-0.2, -0.15) is 0 Å². The largest absolute Gasteiger partial charge is 0.326 e. The molecule has 0 bridgehead atoms. The summed E-state index contributed by atoms with van der Waals surface area (Å²) in [4.78, 5) is 6.55. The number of hydrogen-bond donors (Lipinski definition) is 1. The molecular formula is C17H22FN3. The summed E-state index contributed by atoms with van der Waals surface area (Å²) in [5.74, 6) is 0.519. The van der Waals surface area contributed by atoms with Gasteiger partial charge in [0.15, 0.2) is 0 Å².